The van der Waals surface area contributed by atoms with E-state index in [4.69, 9.17) is 18.9 Å². The maximum absolute atomic E-state index is 13.8. The number of carbonyl (C=O) groups excluding carboxylic acids is 2. The van der Waals surface area contributed by atoms with Crippen molar-refractivity contribution in [2.24, 2.45) is 23.2 Å². The minimum atomic E-state index is -1.92. The maximum Gasteiger partial charge on any atom is 0.338 e. The molecule has 5 aliphatic carbocycles. The molecule has 0 unspecified atom stereocenters. The number of hydrogen-bond donors (Lipinski definition) is 4. The Morgan fingerprint density at radius 3 is 2.35 bits per heavy atom. The van der Waals surface area contributed by atoms with Gasteiger partial charge < -0.3 is 39.6 Å². The van der Waals surface area contributed by atoms with E-state index in [1.54, 1.807) is 45.6 Å². The van der Waals surface area contributed by atoms with Crippen molar-refractivity contribution in [2.75, 3.05) is 39.7 Å². The zero-order valence-corrected chi connectivity index (χ0v) is 25.5. The van der Waals surface area contributed by atoms with Gasteiger partial charge in [-0.1, -0.05) is 6.92 Å². The van der Waals surface area contributed by atoms with Gasteiger partial charge in [-0.25, -0.2) is 4.79 Å². The van der Waals surface area contributed by atoms with E-state index in [2.05, 4.69) is 10.2 Å². The lowest BCUT2D eigenvalue weighted by molar-refractivity contribution is -0.369. The molecule has 0 radical (unpaired) electrons. The second kappa shape index (κ2) is 9.45. The summed E-state index contributed by atoms with van der Waals surface area (Å²) in [5.41, 5.74) is -6.27. The van der Waals surface area contributed by atoms with E-state index in [9.17, 15) is 24.9 Å². The average molecular weight is 601 g/mol. The van der Waals surface area contributed by atoms with Crippen LogP contribution in [-0.2, 0) is 23.7 Å². The van der Waals surface area contributed by atoms with Crippen molar-refractivity contribution in [3.05, 3.63) is 29.8 Å². The molecular formula is C32H44N2O9. The topological polar surface area (TPSA) is 147 Å². The summed E-state index contributed by atoms with van der Waals surface area (Å²) in [6.07, 6.45) is 0.382. The third kappa shape index (κ3) is 3.29. The quantitative estimate of drug-likeness (QED) is 0.338. The normalized spacial score (nSPS) is 49.1. The van der Waals surface area contributed by atoms with Crippen LogP contribution in [0.5, 0.6) is 0 Å². The van der Waals surface area contributed by atoms with Crippen LogP contribution in [0.4, 0.5) is 5.69 Å². The molecule has 5 saturated carbocycles. The van der Waals surface area contributed by atoms with Gasteiger partial charge in [0.15, 0.2) is 0 Å². The molecule has 43 heavy (non-hydrogen) atoms. The predicted molar refractivity (Wildman–Crippen MR) is 153 cm³/mol. The van der Waals surface area contributed by atoms with Gasteiger partial charge in [0.25, 0.3) is 0 Å². The summed E-state index contributed by atoms with van der Waals surface area (Å²) in [4.78, 5) is 27.5. The number of piperidine rings is 1. The lowest BCUT2D eigenvalue weighted by Crippen LogP contribution is -2.87. The molecule has 1 aliphatic heterocycles. The van der Waals surface area contributed by atoms with Gasteiger partial charge in [-0.15, -0.1) is 0 Å². The highest BCUT2D eigenvalue weighted by Crippen LogP contribution is 2.80. The summed E-state index contributed by atoms with van der Waals surface area (Å²) in [5.74, 6) is -1.74. The molecule has 1 saturated heterocycles. The Labute approximate surface area is 251 Å². The van der Waals surface area contributed by atoms with E-state index in [1.165, 1.54) is 6.92 Å². The number of fused-ring (bicyclic) bond motifs is 2. The van der Waals surface area contributed by atoms with E-state index in [1.807, 2.05) is 6.92 Å². The summed E-state index contributed by atoms with van der Waals surface area (Å²) in [7, 11) is 4.83. The molecule has 1 aromatic rings. The summed E-state index contributed by atoms with van der Waals surface area (Å²) in [6.45, 7) is 4.39. The monoisotopic (exact) mass is 600 g/mol. The Bertz CT molecular complexity index is 1330. The highest BCUT2D eigenvalue weighted by atomic mass is 16.6. The molecular weight excluding hydrogens is 556 g/mol. The molecule has 6 aliphatic rings. The van der Waals surface area contributed by atoms with E-state index < -0.39 is 58.0 Å². The molecule has 6 fully saturated rings. The Morgan fingerprint density at radius 2 is 1.74 bits per heavy atom. The molecule has 11 heteroatoms. The molecule has 1 aromatic carbocycles. The van der Waals surface area contributed by atoms with Crippen LogP contribution in [0.15, 0.2) is 24.3 Å². The van der Waals surface area contributed by atoms with Crippen molar-refractivity contribution in [3.8, 4) is 0 Å². The third-order valence-electron chi connectivity index (χ3n) is 12.7. The van der Waals surface area contributed by atoms with Crippen molar-refractivity contribution in [3.63, 3.8) is 0 Å². The first kappa shape index (κ1) is 29.6. The van der Waals surface area contributed by atoms with Crippen LogP contribution in [0.1, 0.15) is 56.3 Å². The number of nitrogens with zero attached hydrogens (tertiary/aromatic N) is 1. The first-order chi connectivity index (χ1) is 20.4. The number of benzene rings is 1. The van der Waals surface area contributed by atoms with Crippen LogP contribution in [0, 0.1) is 23.2 Å². The SMILES string of the molecule is CCN1C[C@]2(OC(=O)c3ccc(NC(C)=O)cc3)CC[C@@H](OC)[C@@]34[C@@H]2C[C@@](O)([C@@H]13)[C@@]1(O)C[C@H](OC)[C@H]2C[C@@H]4[C@]1(O)[C@H]2OC. The van der Waals surface area contributed by atoms with E-state index in [0.717, 1.165) is 0 Å². The second-order valence-corrected chi connectivity index (χ2v) is 13.9. The number of amides is 1. The summed E-state index contributed by atoms with van der Waals surface area (Å²) >= 11 is 0. The molecule has 12 atom stereocenters. The molecule has 7 bridgehead atoms. The molecule has 11 nitrogen and oxygen atoms in total. The molecule has 1 amide bonds. The van der Waals surface area contributed by atoms with Gasteiger partial charge in [0, 0.05) is 70.1 Å². The second-order valence-electron chi connectivity index (χ2n) is 13.9. The number of likely N-dealkylation sites (N-methyl/N-ethyl adjacent to an activating group) is 1. The van der Waals surface area contributed by atoms with Crippen molar-refractivity contribution in [2.45, 2.75) is 92.7 Å². The first-order valence-corrected chi connectivity index (χ1v) is 15.5. The van der Waals surface area contributed by atoms with Gasteiger partial charge >= 0.3 is 5.97 Å². The number of esters is 1. The lowest BCUT2D eigenvalue weighted by atomic mass is 9.43. The first-order valence-electron chi connectivity index (χ1n) is 15.5. The number of ether oxygens (including phenoxy) is 4. The highest BCUT2D eigenvalue weighted by Gasteiger charge is 2.93. The summed E-state index contributed by atoms with van der Waals surface area (Å²) in [5, 5.41) is 41.4. The molecule has 236 valence electrons. The van der Waals surface area contributed by atoms with Crippen LogP contribution >= 0.6 is 0 Å². The Morgan fingerprint density at radius 1 is 1.02 bits per heavy atom. The van der Waals surface area contributed by atoms with Gasteiger partial charge in [-0.05, 0) is 56.5 Å². The van der Waals surface area contributed by atoms with Gasteiger partial charge in [-0.2, -0.15) is 0 Å². The van der Waals surface area contributed by atoms with Crippen LogP contribution in [-0.4, -0.2) is 113 Å². The van der Waals surface area contributed by atoms with E-state index in [0.29, 0.717) is 43.6 Å². The molecule has 0 aromatic heterocycles. The number of anilines is 1. The predicted octanol–water partition coefficient (Wildman–Crippen LogP) is 1.34. The number of methoxy groups -OCH3 is 3. The average Bonchev–Trinajstić information content (AvgIpc) is 3.36. The van der Waals surface area contributed by atoms with Crippen LogP contribution in [0.25, 0.3) is 0 Å². The number of nitrogens with one attached hydrogen (secondary N) is 1. The fourth-order valence-electron chi connectivity index (χ4n) is 11.5. The van der Waals surface area contributed by atoms with Crippen molar-refractivity contribution < 1.29 is 43.9 Å². The largest absolute Gasteiger partial charge is 0.454 e. The molecule has 1 heterocycles. The maximum atomic E-state index is 13.8. The lowest BCUT2D eigenvalue weighted by Gasteiger charge is -2.71. The zero-order chi connectivity index (χ0) is 30.7. The number of carbonyl (C=O) groups is 2. The van der Waals surface area contributed by atoms with Gasteiger partial charge in [-0.3, -0.25) is 9.69 Å². The number of hydrogen-bond acceptors (Lipinski definition) is 10. The molecule has 7 rings (SSSR count). The smallest absolute Gasteiger partial charge is 0.338 e. The third-order valence-corrected chi connectivity index (χ3v) is 12.7. The van der Waals surface area contributed by atoms with E-state index in [-0.39, 0.29) is 36.7 Å². The molecule has 4 N–H and O–H groups in total. The number of rotatable bonds is 7. The van der Waals surface area contributed by atoms with Gasteiger partial charge in [0.1, 0.15) is 22.4 Å². The summed E-state index contributed by atoms with van der Waals surface area (Å²) in [6, 6.07) is 6.08. The minimum absolute atomic E-state index is 0.0828. The Kier molecular flexibility index (Phi) is 6.50. The highest BCUT2D eigenvalue weighted by molar-refractivity contribution is 5.92. The fourth-order valence-corrected chi connectivity index (χ4v) is 11.5. The van der Waals surface area contributed by atoms with Gasteiger partial charge in [0.05, 0.1) is 29.9 Å². The van der Waals surface area contributed by atoms with Crippen molar-refractivity contribution in [1.82, 2.24) is 4.90 Å². The van der Waals surface area contributed by atoms with Crippen molar-refractivity contribution >= 4 is 17.6 Å². The van der Waals surface area contributed by atoms with Crippen LogP contribution in [0.2, 0.25) is 0 Å². The molecule has 1 spiro atoms. The Balaban J connectivity index is 1.37. The summed E-state index contributed by atoms with van der Waals surface area (Å²) < 4.78 is 24.7. The van der Waals surface area contributed by atoms with E-state index >= 15 is 0 Å². The van der Waals surface area contributed by atoms with Gasteiger partial charge in [0.2, 0.25) is 5.91 Å². The number of aliphatic hydroxyl groups is 3. The standard InChI is InChI=1S/C32H44N2O9/c1-6-34-16-28(43-26(36)18-7-9-19(10-8-18)33-17(2)35)12-11-24(41-4)31-22-13-20-21(40-3)14-30(38,32(22,39)25(20)42-5)29(37,27(31)34)15-23(28)31/h7-10,20-25,27,37-39H,6,11-16H2,1-5H3,(H,33,35)/t20-,21+,22+,23-,24-,25+,27-,28-,29-,30+,31-,32+/m1/s1. The zero-order valence-electron chi connectivity index (χ0n) is 25.5. The van der Waals surface area contributed by atoms with Crippen molar-refractivity contribution in [1.29, 1.82) is 0 Å². The Hall–Kier alpha value is -2.12. The fraction of sp³-hybridized carbons (Fsp3) is 0.750. The van der Waals surface area contributed by atoms with Crippen LogP contribution in [0.3, 0.4) is 0 Å². The minimum Gasteiger partial charge on any atom is -0.454 e. The number of likely N-dealkylation sites (tertiary alicyclic amines) is 1. The van der Waals surface area contributed by atoms with Crippen LogP contribution < -0.4 is 5.32 Å².